The van der Waals surface area contributed by atoms with E-state index in [1.807, 2.05) is 40.7 Å². The van der Waals surface area contributed by atoms with Crippen LogP contribution in [0.15, 0.2) is 28.8 Å². The maximum atomic E-state index is 12.4. The van der Waals surface area contributed by atoms with Crippen molar-refractivity contribution in [2.75, 3.05) is 6.54 Å². The first-order valence-electron chi connectivity index (χ1n) is 7.58. The zero-order valence-corrected chi connectivity index (χ0v) is 14.3. The Kier molecular flexibility index (Phi) is 4.56. The zero-order valence-electron chi connectivity index (χ0n) is 14.3. The van der Waals surface area contributed by atoms with Gasteiger partial charge >= 0.3 is 0 Å². The van der Waals surface area contributed by atoms with Crippen LogP contribution in [0.25, 0.3) is 11.5 Å². The topological polar surface area (TPSA) is 94.0 Å². The average Bonchev–Trinajstić information content (AvgIpc) is 2.93. The third-order valence-corrected chi connectivity index (χ3v) is 3.20. The van der Waals surface area contributed by atoms with Crippen molar-refractivity contribution in [3.8, 4) is 11.5 Å². The first kappa shape index (κ1) is 17.1. The van der Waals surface area contributed by atoms with Crippen LogP contribution in [0.1, 0.15) is 50.8 Å². The Labute approximate surface area is 136 Å². The van der Waals surface area contributed by atoms with Gasteiger partial charge in [0.15, 0.2) is 5.82 Å². The third-order valence-electron chi connectivity index (χ3n) is 3.20. The number of benzene rings is 1. The standard InChI is InChI=1S/C17H24N4O2/c1-16(2,3)15-20-14(23-21-15)12-9-7-6-8-11(12)13(22)19-10-17(4,5)18/h6-9H,10,18H2,1-5H3,(H,19,22). The van der Waals surface area contributed by atoms with Crippen LogP contribution in [0, 0.1) is 0 Å². The largest absolute Gasteiger partial charge is 0.350 e. The summed E-state index contributed by atoms with van der Waals surface area (Å²) < 4.78 is 5.35. The number of carbonyl (C=O) groups is 1. The lowest BCUT2D eigenvalue weighted by atomic mass is 9.96. The molecule has 2 rings (SSSR count). The smallest absolute Gasteiger partial charge is 0.258 e. The quantitative estimate of drug-likeness (QED) is 0.904. The van der Waals surface area contributed by atoms with Gasteiger partial charge < -0.3 is 15.6 Å². The van der Waals surface area contributed by atoms with Crippen molar-refractivity contribution in [1.82, 2.24) is 15.5 Å². The molecule has 0 radical (unpaired) electrons. The highest BCUT2D eigenvalue weighted by Crippen LogP contribution is 2.26. The van der Waals surface area contributed by atoms with E-state index in [-0.39, 0.29) is 11.3 Å². The number of nitrogens with one attached hydrogen (secondary N) is 1. The van der Waals surface area contributed by atoms with Gasteiger partial charge in [-0.2, -0.15) is 4.98 Å². The second-order valence-electron chi connectivity index (χ2n) is 7.39. The van der Waals surface area contributed by atoms with Crippen molar-refractivity contribution in [2.24, 2.45) is 5.73 Å². The van der Waals surface area contributed by atoms with Gasteiger partial charge in [0.2, 0.25) is 0 Å². The minimum atomic E-state index is -0.478. The van der Waals surface area contributed by atoms with E-state index in [1.54, 1.807) is 18.2 Å². The van der Waals surface area contributed by atoms with E-state index in [0.717, 1.165) is 0 Å². The molecule has 0 spiro atoms. The van der Waals surface area contributed by atoms with Crippen molar-refractivity contribution in [3.63, 3.8) is 0 Å². The molecule has 1 aromatic carbocycles. The molecule has 1 aromatic heterocycles. The second-order valence-corrected chi connectivity index (χ2v) is 7.39. The molecule has 23 heavy (non-hydrogen) atoms. The monoisotopic (exact) mass is 316 g/mol. The molecule has 1 amide bonds. The van der Waals surface area contributed by atoms with E-state index in [0.29, 0.717) is 29.4 Å². The summed E-state index contributed by atoms with van der Waals surface area (Å²) in [6.45, 7) is 10.1. The van der Waals surface area contributed by atoms with Gasteiger partial charge in [-0.25, -0.2) is 0 Å². The number of nitrogens with two attached hydrogens (primary N) is 1. The van der Waals surface area contributed by atoms with Gasteiger partial charge in [0.25, 0.3) is 11.8 Å². The Hall–Kier alpha value is -2.21. The molecule has 2 aromatic rings. The minimum Gasteiger partial charge on any atom is -0.350 e. The molecule has 0 atom stereocenters. The lowest BCUT2D eigenvalue weighted by Gasteiger charge is -2.19. The van der Waals surface area contributed by atoms with Gasteiger partial charge in [-0.05, 0) is 26.0 Å². The molecule has 0 unspecified atom stereocenters. The molecular weight excluding hydrogens is 292 g/mol. The third kappa shape index (κ3) is 4.39. The second kappa shape index (κ2) is 6.12. The number of hydrogen-bond donors (Lipinski definition) is 2. The highest BCUT2D eigenvalue weighted by Gasteiger charge is 2.24. The molecular formula is C17H24N4O2. The number of aromatic nitrogens is 2. The fourth-order valence-corrected chi connectivity index (χ4v) is 1.91. The van der Waals surface area contributed by atoms with E-state index < -0.39 is 5.54 Å². The van der Waals surface area contributed by atoms with E-state index >= 15 is 0 Å². The fraction of sp³-hybridized carbons (Fsp3) is 0.471. The van der Waals surface area contributed by atoms with Crippen molar-refractivity contribution in [3.05, 3.63) is 35.7 Å². The van der Waals surface area contributed by atoms with E-state index in [2.05, 4.69) is 15.5 Å². The van der Waals surface area contributed by atoms with Crippen molar-refractivity contribution in [2.45, 2.75) is 45.6 Å². The molecule has 1 heterocycles. The Morgan fingerprint density at radius 2 is 1.87 bits per heavy atom. The zero-order chi connectivity index (χ0) is 17.3. The van der Waals surface area contributed by atoms with Crippen LogP contribution in [0.4, 0.5) is 0 Å². The van der Waals surface area contributed by atoms with Crippen LogP contribution in [-0.2, 0) is 5.41 Å². The number of hydrogen-bond acceptors (Lipinski definition) is 5. The fourth-order valence-electron chi connectivity index (χ4n) is 1.91. The first-order valence-corrected chi connectivity index (χ1v) is 7.58. The summed E-state index contributed by atoms with van der Waals surface area (Å²) in [4.78, 5) is 16.9. The summed E-state index contributed by atoms with van der Waals surface area (Å²) in [7, 11) is 0. The summed E-state index contributed by atoms with van der Waals surface area (Å²) in [5, 5.41) is 6.84. The number of carbonyl (C=O) groups excluding carboxylic acids is 1. The lowest BCUT2D eigenvalue weighted by molar-refractivity contribution is 0.0946. The predicted molar refractivity (Wildman–Crippen MR) is 89.0 cm³/mol. The Balaban J connectivity index is 2.31. The Morgan fingerprint density at radius 3 is 2.43 bits per heavy atom. The highest BCUT2D eigenvalue weighted by atomic mass is 16.5. The molecule has 6 nitrogen and oxygen atoms in total. The van der Waals surface area contributed by atoms with Crippen LogP contribution in [0.3, 0.4) is 0 Å². The first-order chi connectivity index (χ1) is 10.6. The van der Waals surface area contributed by atoms with E-state index in [9.17, 15) is 4.79 Å². The summed E-state index contributed by atoms with van der Waals surface area (Å²) in [6, 6.07) is 7.16. The summed E-state index contributed by atoms with van der Waals surface area (Å²) in [5.74, 6) is 0.730. The Morgan fingerprint density at radius 1 is 1.22 bits per heavy atom. The predicted octanol–water partition coefficient (Wildman–Crippen LogP) is 2.50. The number of amides is 1. The molecule has 0 aliphatic rings. The van der Waals surface area contributed by atoms with Gasteiger partial charge in [0.1, 0.15) is 0 Å². The molecule has 0 bridgehead atoms. The maximum absolute atomic E-state index is 12.4. The van der Waals surface area contributed by atoms with Crippen LogP contribution in [0.5, 0.6) is 0 Å². The van der Waals surface area contributed by atoms with Crippen LogP contribution >= 0.6 is 0 Å². The SMILES string of the molecule is CC(C)(N)CNC(=O)c1ccccc1-c1nc(C(C)(C)C)no1. The number of nitrogens with zero attached hydrogens (tertiary/aromatic N) is 2. The van der Waals surface area contributed by atoms with Crippen LogP contribution in [0.2, 0.25) is 0 Å². The van der Waals surface area contributed by atoms with Crippen LogP contribution < -0.4 is 11.1 Å². The van der Waals surface area contributed by atoms with E-state index in [4.69, 9.17) is 10.3 Å². The molecule has 124 valence electrons. The summed E-state index contributed by atoms with van der Waals surface area (Å²) in [6.07, 6.45) is 0. The van der Waals surface area contributed by atoms with Gasteiger partial charge in [-0.3, -0.25) is 4.79 Å². The Bertz CT molecular complexity index is 693. The van der Waals surface area contributed by atoms with Crippen molar-refractivity contribution in [1.29, 1.82) is 0 Å². The average molecular weight is 316 g/mol. The lowest BCUT2D eigenvalue weighted by Crippen LogP contribution is -2.45. The molecule has 0 fully saturated rings. The molecule has 0 saturated heterocycles. The molecule has 0 aliphatic heterocycles. The minimum absolute atomic E-state index is 0.213. The van der Waals surface area contributed by atoms with Gasteiger partial charge in [-0.15, -0.1) is 0 Å². The van der Waals surface area contributed by atoms with Gasteiger partial charge in [0.05, 0.1) is 11.1 Å². The maximum Gasteiger partial charge on any atom is 0.258 e. The summed E-state index contributed by atoms with van der Waals surface area (Å²) in [5.41, 5.74) is 6.31. The number of rotatable bonds is 4. The molecule has 6 heteroatoms. The van der Waals surface area contributed by atoms with Crippen molar-refractivity contribution >= 4 is 5.91 Å². The van der Waals surface area contributed by atoms with E-state index in [1.165, 1.54) is 0 Å². The molecule has 0 aliphatic carbocycles. The van der Waals surface area contributed by atoms with Crippen LogP contribution in [-0.4, -0.2) is 28.1 Å². The molecule has 0 saturated carbocycles. The normalized spacial score (nSPS) is 12.3. The van der Waals surface area contributed by atoms with Gasteiger partial charge in [0, 0.05) is 17.5 Å². The van der Waals surface area contributed by atoms with Crippen molar-refractivity contribution < 1.29 is 9.32 Å². The summed E-state index contributed by atoms with van der Waals surface area (Å²) >= 11 is 0. The highest BCUT2D eigenvalue weighted by molar-refractivity contribution is 5.99. The molecule has 3 N–H and O–H groups in total. The van der Waals surface area contributed by atoms with Gasteiger partial charge in [-0.1, -0.05) is 38.1 Å².